The second-order valence-corrected chi connectivity index (χ2v) is 6.47. The van der Waals surface area contributed by atoms with Crippen molar-refractivity contribution in [3.05, 3.63) is 29.8 Å². The lowest BCUT2D eigenvalue weighted by Crippen LogP contribution is -2.60. The Balaban J connectivity index is 2.20. The van der Waals surface area contributed by atoms with Crippen LogP contribution in [0.1, 0.15) is 5.56 Å². The van der Waals surface area contributed by atoms with Crippen molar-refractivity contribution in [3.8, 4) is 5.75 Å². The fourth-order valence-electron chi connectivity index (χ4n) is 1.22. The molecule has 18 heavy (non-hydrogen) atoms. The molecule has 1 atom stereocenters. The summed E-state index contributed by atoms with van der Waals surface area (Å²) in [5, 5.41) is 0.412. The molecule has 9 heteroatoms. The van der Waals surface area contributed by atoms with Crippen LogP contribution in [0.2, 0.25) is 0 Å². The van der Waals surface area contributed by atoms with E-state index in [2.05, 4.69) is 8.13 Å². The zero-order chi connectivity index (χ0) is 13.2. The Kier molecular flexibility index (Phi) is 4.28. The molecule has 0 N–H and O–H groups in total. The van der Waals surface area contributed by atoms with Crippen LogP contribution >= 0.6 is 22.7 Å². The van der Waals surface area contributed by atoms with Crippen molar-refractivity contribution in [1.29, 1.82) is 0 Å². The van der Waals surface area contributed by atoms with E-state index in [0.717, 1.165) is 11.9 Å². The van der Waals surface area contributed by atoms with E-state index < -0.39 is 21.0 Å². The van der Waals surface area contributed by atoms with Gasteiger partial charge in [0.2, 0.25) is 0 Å². The van der Waals surface area contributed by atoms with Gasteiger partial charge in [-0.3, -0.25) is 0 Å². The van der Waals surface area contributed by atoms with Crippen LogP contribution in [0, 0.1) is 10.2 Å². The molecule has 0 spiro atoms. The van der Waals surface area contributed by atoms with Crippen LogP contribution in [-0.2, 0) is 3.74 Å². The Morgan fingerprint density at radius 1 is 1.22 bits per heavy atom. The molecule has 0 radical (unpaired) electrons. The molecule has 0 saturated carbocycles. The van der Waals surface area contributed by atoms with Crippen LogP contribution in [0.25, 0.3) is 0 Å². The largest absolute Gasteiger partial charge is 0.497 e. The van der Waals surface area contributed by atoms with E-state index in [0.29, 0.717) is 16.4 Å². The van der Waals surface area contributed by atoms with E-state index in [-0.39, 0.29) is 0 Å². The maximum absolute atomic E-state index is 10.6. The second-order valence-electron chi connectivity index (χ2n) is 3.06. The van der Waals surface area contributed by atoms with Gasteiger partial charge >= 0.3 is 0 Å². The summed E-state index contributed by atoms with van der Waals surface area (Å²) in [5.74, 6) is 0.671. The molecule has 0 amide bonds. The number of hydrogen-bond acceptors (Lipinski definition) is 7. The molecule has 1 aromatic rings. The zero-order valence-corrected chi connectivity index (χ0v) is 11.5. The van der Waals surface area contributed by atoms with Crippen molar-refractivity contribution in [2.24, 2.45) is 4.40 Å². The van der Waals surface area contributed by atoms with Gasteiger partial charge in [0.15, 0.2) is 10.8 Å². The number of hydrogen-bond donors (Lipinski definition) is 0. The van der Waals surface area contributed by atoms with E-state index >= 15 is 0 Å². The maximum atomic E-state index is 10.6. The molecule has 1 aromatic carbocycles. The normalized spacial score (nSPS) is 19.3. The molecule has 1 heterocycles. The number of benzene rings is 1. The van der Waals surface area contributed by atoms with E-state index in [9.17, 15) is 14.0 Å². The van der Waals surface area contributed by atoms with Crippen LogP contribution in [0.5, 0.6) is 5.75 Å². The van der Waals surface area contributed by atoms with E-state index in [4.69, 9.17) is 4.74 Å². The van der Waals surface area contributed by atoms with Crippen LogP contribution < -0.4 is 18.7 Å². The monoisotopic (exact) mass is 309 g/mol. The predicted octanol–water partition coefficient (Wildman–Crippen LogP) is -1.04. The third kappa shape index (κ3) is 3.45. The van der Waals surface area contributed by atoms with Crippen molar-refractivity contribution in [1.82, 2.24) is 0 Å². The molecule has 0 fully saturated rings. The Hall–Kier alpha value is -0.610. The van der Waals surface area contributed by atoms with Gasteiger partial charge in [-0.15, -0.1) is 0 Å². The lowest BCUT2D eigenvalue weighted by Gasteiger charge is -2.13. The first-order valence-corrected chi connectivity index (χ1v) is 7.83. The lowest BCUT2D eigenvalue weighted by molar-refractivity contribution is -1.91. The molecule has 0 saturated heterocycles. The molecule has 98 valence electrons. The Bertz CT molecular complexity index is 497. The van der Waals surface area contributed by atoms with Crippen molar-refractivity contribution in [2.45, 2.75) is 0 Å². The third-order valence-corrected chi connectivity index (χ3v) is 5.25. The van der Waals surface area contributed by atoms with Gasteiger partial charge in [0, 0.05) is 17.5 Å². The van der Waals surface area contributed by atoms with E-state index in [1.54, 1.807) is 31.4 Å². The van der Waals surface area contributed by atoms with E-state index in [1.807, 2.05) is 0 Å². The molecule has 1 aliphatic heterocycles. The van der Waals surface area contributed by atoms with Crippen molar-refractivity contribution >= 4 is 32.5 Å². The molecule has 0 bridgehead atoms. The molecular formula is C9H8ClNO5S2. The SMILES string of the molecule is COc1ccc(C2=NSC=S2O[Cl+3]([O-])([O-])[O-])cc1. The fraction of sp³-hybridized carbons (Fsp3) is 0.111. The third-order valence-electron chi connectivity index (χ3n) is 1.94. The van der Waals surface area contributed by atoms with Gasteiger partial charge < -0.3 is 4.74 Å². The van der Waals surface area contributed by atoms with Gasteiger partial charge in [-0.2, -0.15) is 14.0 Å². The Labute approximate surface area is 112 Å². The van der Waals surface area contributed by atoms with Crippen LogP contribution in [0.15, 0.2) is 28.7 Å². The summed E-state index contributed by atoms with van der Waals surface area (Å²) in [6.45, 7) is 0. The number of rotatable bonds is 4. The highest BCUT2D eigenvalue weighted by Gasteiger charge is 2.29. The topological polar surface area (TPSA) is 100 Å². The van der Waals surface area contributed by atoms with Crippen molar-refractivity contribution in [3.63, 3.8) is 0 Å². The summed E-state index contributed by atoms with van der Waals surface area (Å²) in [4.78, 5) is 0. The highest BCUT2D eigenvalue weighted by atomic mass is 35.7. The average molecular weight is 310 g/mol. The molecule has 1 aliphatic rings. The molecule has 0 aliphatic carbocycles. The summed E-state index contributed by atoms with van der Waals surface area (Å²) >= 11 is 1.05. The first-order valence-electron chi connectivity index (χ1n) is 4.55. The quantitative estimate of drug-likeness (QED) is 0.520. The minimum absolute atomic E-state index is 0.412. The minimum atomic E-state index is -4.47. The number of ether oxygens (including phenoxy) is 1. The highest BCUT2D eigenvalue weighted by Crippen LogP contribution is 2.34. The molecular weight excluding hydrogens is 302 g/mol. The first-order chi connectivity index (χ1) is 8.49. The van der Waals surface area contributed by atoms with Crippen molar-refractivity contribution in [2.75, 3.05) is 7.11 Å². The number of halogens is 1. The minimum Gasteiger partial charge on any atom is -0.497 e. The average Bonchev–Trinajstić information content (AvgIpc) is 2.75. The van der Waals surface area contributed by atoms with Crippen LogP contribution in [0.3, 0.4) is 0 Å². The maximum Gasteiger partial charge on any atom is 0.167 e. The molecule has 1 unspecified atom stereocenters. The summed E-state index contributed by atoms with van der Waals surface area (Å²) in [7, 11) is -4.19. The summed E-state index contributed by atoms with van der Waals surface area (Å²) < 4.78 is 46.6. The lowest BCUT2D eigenvalue weighted by atomic mass is 10.2. The number of nitrogens with zero attached hydrogens (tertiary/aromatic N) is 1. The molecule has 0 aromatic heterocycles. The molecule has 6 nitrogen and oxygen atoms in total. The number of methoxy groups -OCH3 is 1. The van der Waals surface area contributed by atoms with E-state index in [1.165, 1.54) is 4.70 Å². The van der Waals surface area contributed by atoms with Gasteiger partial charge in [-0.25, -0.2) is 4.40 Å². The second kappa shape index (κ2) is 5.57. The standard InChI is InChI=1S/C9H8ClNO5S2/c1-15-8-4-2-7(3-5-8)9-11-17-6-18(9)16-10(12,13)14/h2-6H,1H3. The van der Waals surface area contributed by atoms with Crippen molar-refractivity contribution < 1.29 is 32.7 Å². The first kappa shape index (κ1) is 13.8. The Morgan fingerprint density at radius 3 is 2.44 bits per heavy atom. The summed E-state index contributed by atoms with van der Waals surface area (Å²) in [6.07, 6.45) is 0. The van der Waals surface area contributed by atoms with Gasteiger partial charge in [0.1, 0.15) is 14.5 Å². The summed E-state index contributed by atoms with van der Waals surface area (Å²) in [5.41, 5.74) is 0.680. The highest BCUT2D eigenvalue weighted by molar-refractivity contribution is 8.39. The molecule has 2 rings (SSSR count). The van der Waals surface area contributed by atoms with Gasteiger partial charge in [0.05, 0.1) is 22.1 Å². The van der Waals surface area contributed by atoms with Gasteiger partial charge in [-0.1, -0.05) is 0 Å². The van der Waals surface area contributed by atoms with Crippen LogP contribution in [0.4, 0.5) is 0 Å². The van der Waals surface area contributed by atoms with Gasteiger partial charge in [0.25, 0.3) is 0 Å². The fourth-order valence-corrected chi connectivity index (χ4v) is 4.35. The van der Waals surface area contributed by atoms with Gasteiger partial charge in [-0.05, 0) is 24.3 Å². The smallest absolute Gasteiger partial charge is 0.167 e. The predicted molar refractivity (Wildman–Crippen MR) is 61.9 cm³/mol. The van der Waals surface area contributed by atoms with Crippen LogP contribution in [-0.4, -0.2) is 16.9 Å². The zero-order valence-electron chi connectivity index (χ0n) is 9.07. The summed E-state index contributed by atoms with van der Waals surface area (Å²) in [6, 6.07) is 6.86. The Morgan fingerprint density at radius 2 is 1.89 bits per heavy atom.